The number of carbonyl (C=O) groups excluding carboxylic acids is 1. The first-order chi connectivity index (χ1) is 10.0. The zero-order chi connectivity index (χ0) is 15.4. The molecule has 0 radical (unpaired) electrons. The normalized spacial score (nSPS) is 10.9. The van der Waals surface area contributed by atoms with Crippen LogP contribution in [0, 0.1) is 6.92 Å². The van der Waals surface area contributed by atoms with Crippen molar-refractivity contribution in [1.29, 1.82) is 0 Å². The van der Waals surface area contributed by atoms with Crippen LogP contribution in [0.25, 0.3) is 0 Å². The van der Waals surface area contributed by atoms with Crippen molar-refractivity contribution < 1.29 is 9.21 Å². The number of carbonyl (C=O) groups is 1. The van der Waals surface area contributed by atoms with Gasteiger partial charge in [-0.2, -0.15) is 0 Å². The van der Waals surface area contributed by atoms with E-state index in [1.165, 1.54) is 5.56 Å². The van der Waals surface area contributed by atoms with E-state index in [1.807, 2.05) is 12.1 Å². The average Bonchev–Trinajstić information content (AvgIpc) is 2.86. The maximum atomic E-state index is 12.0. The highest BCUT2D eigenvalue weighted by Crippen LogP contribution is 2.17. The summed E-state index contributed by atoms with van der Waals surface area (Å²) in [4.78, 5) is 12.0. The molecule has 21 heavy (non-hydrogen) atoms. The van der Waals surface area contributed by atoms with Crippen LogP contribution >= 0.6 is 11.6 Å². The molecule has 1 aromatic heterocycles. The quantitative estimate of drug-likeness (QED) is 0.833. The minimum atomic E-state index is -0.220. The van der Waals surface area contributed by atoms with Crippen LogP contribution in [-0.4, -0.2) is 5.91 Å². The van der Waals surface area contributed by atoms with Crippen LogP contribution in [0.15, 0.2) is 34.7 Å². The highest BCUT2D eigenvalue weighted by Gasteiger charge is 2.13. The first-order valence-electron chi connectivity index (χ1n) is 7.03. The Morgan fingerprint density at radius 3 is 2.48 bits per heavy atom. The molecule has 1 heterocycles. The monoisotopic (exact) mass is 305 g/mol. The number of amides is 1. The summed E-state index contributed by atoms with van der Waals surface area (Å²) in [5, 5.41) is 2.85. The molecule has 2 rings (SSSR count). The number of hydrogen-bond donors (Lipinski definition) is 1. The zero-order valence-corrected chi connectivity index (χ0v) is 13.3. The Bertz CT molecular complexity index is 614. The van der Waals surface area contributed by atoms with Crippen LogP contribution in [0.2, 0.25) is 0 Å². The Labute approximate surface area is 130 Å². The molecule has 0 fully saturated rings. The molecule has 2 aromatic rings. The SMILES string of the molecule is Cc1oc(C(=O)NCc2ccc(C(C)C)cc2)cc1CCl. The first kappa shape index (κ1) is 15.6. The van der Waals surface area contributed by atoms with E-state index in [1.54, 1.807) is 13.0 Å². The molecule has 3 nitrogen and oxygen atoms in total. The van der Waals surface area contributed by atoms with Crippen LogP contribution < -0.4 is 5.32 Å². The molecule has 0 saturated carbocycles. The van der Waals surface area contributed by atoms with E-state index in [9.17, 15) is 4.79 Å². The summed E-state index contributed by atoms with van der Waals surface area (Å²) >= 11 is 5.77. The molecule has 4 heteroatoms. The van der Waals surface area contributed by atoms with Crippen molar-refractivity contribution in [3.8, 4) is 0 Å². The summed E-state index contributed by atoms with van der Waals surface area (Å²) in [6.07, 6.45) is 0. The van der Waals surface area contributed by atoms with E-state index in [2.05, 4.69) is 31.3 Å². The van der Waals surface area contributed by atoms with E-state index in [4.69, 9.17) is 16.0 Å². The summed E-state index contributed by atoms with van der Waals surface area (Å²) in [6.45, 7) is 6.60. The van der Waals surface area contributed by atoms with Crippen LogP contribution in [-0.2, 0) is 12.4 Å². The van der Waals surface area contributed by atoms with Gasteiger partial charge in [-0.3, -0.25) is 4.79 Å². The predicted octanol–water partition coefficient (Wildman–Crippen LogP) is 4.38. The first-order valence-corrected chi connectivity index (χ1v) is 7.57. The molecular formula is C17H20ClNO2. The molecule has 1 amide bonds. The van der Waals surface area contributed by atoms with Crippen LogP contribution in [0.1, 0.15) is 52.8 Å². The largest absolute Gasteiger partial charge is 0.456 e. The summed E-state index contributed by atoms with van der Waals surface area (Å²) in [7, 11) is 0. The van der Waals surface area contributed by atoms with Crippen molar-refractivity contribution in [2.45, 2.75) is 39.1 Å². The third-order valence-electron chi connectivity index (χ3n) is 3.49. The Kier molecular flexibility index (Phi) is 5.07. The lowest BCUT2D eigenvalue weighted by atomic mass is 10.0. The lowest BCUT2D eigenvalue weighted by Gasteiger charge is -2.07. The van der Waals surface area contributed by atoms with E-state index < -0.39 is 0 Å². The van der Waals surface area contributed by atoms with Crippen LogP contribution in [0.5, 0.6) is 0 Å². The summed E-state index contributed by atoms with van der Waals surface area (Å²) < 4.78 is 5.41. The van der Waals surface area contributed by atoms with Crippen molar-refractivity contribution in [1.82, 2.24) is 5.32 Å². The predicted molar refractivity (Wildman–Crippen MR) is 84.7 cm³/mol. The van der Waals surface area contributed by atoms with Gasteiger partial charge in [0.2, 0.25) is 0 Å². The van der Waals surface area contributed by atoms with Gasteiger partial charge in [0.05, 0.1) is 5.88 Å². The molecule has 1 aromatic carbocycles. The Morgan fingerprint density at radius 2 is 1.95 bits per heavy atom. The minimum Gasteiger partial charge on any atom is -0.456 e. The highest BCUT2D eigenvalue weighted by molar-refractivity contribution is 6.17. The van der Waals surface area contributed by atoms with E-state index in [-0.39, 0.29) is 5.91 Å². The molecule has 0 aliphatic rings. The highest BCUT2D eigenvalue weighted by atomic mass is 35.5. The van der Waals surface area contributed by atoms with Crippen LogP contribution in [0.4, 0.5) is 0 Å². The van der Waals surface area contributed by atoms with Gasteiger partial charge >= 0.3 is 0 Å². The number of rotatable bonds is 5. The topological polar surface area (TPSA) is 42.2 Å². The fraction of sp³-hybridized carbons (Fsp3) is 0.353. The smallest absolute Gasteiger partial charge is 0.287 e. The van der Waals surface area contributed by atoms with Crippen molar-refractivity contribution in [2.24, 2.45) is 0 Å². The number of benzene rings is 1. The van der Waals surface area contributed by atoms with Gasteiger partial charge in [0, 0.05) is 12.1 Å². The number of halogens is 1. The van der Waals surface area contributed by atoms with E-state index >= 15 is 0 Å². The van der Waals surface area contributed by atoms with E-state index in [0.717, 1.165) is 11.1 Å². The standard InChI is InChI=1S/C17H20ClNO2/c1-11(2)14-6-4-13(5-7-14)10-19-17(20)16-8-15(9-18)12(3)21-16/h4-8,11H,9-10H2,1-3H3,(H,19,20). The Hall–Kier alpha value is -1.74. The Balaban J connectivity index is 1.97. The molecule has 0 aliphatic heterocycles. The van der Waals surface area contributed by atoms with Gasteiger partial charge in [-0.1, -0.05) is 38.1 Å². The second-order valence-electron chi connectivity index (χ2n) is 5.40. The molecule has 1 N–H and O–H groups in total. The van der Waals surface area contributed by atoms with Gasteiger partial charge < -0.3 is 9.73 Å². The lowest BCUT2D eigenvalue weighted by Crippen LogP contribution is -2.22. The average molecular weight is 306 g/mol. The summed E-state index contributed by atoms with van der Waals surface area (Å²) in [5.41, 5.74) is 3.20. The van der Waals surface area contributed by atoms with Gasteiger partial charge in [-0.25, -0.2) is 0 Å². The molecule has 0 saturated heterocycles. The number of hydrogen-bond acceptors (Lipinski definition) is 2. The molecule has 0 atom stereocenters. The Morgan fingerprint density at radius 1 is 1.29 bits per heavy atom. The maximum absolute atomic E-state index is 12.0. The lowest BCUT2D eigenvalue weighted by molar-refractivity contribution is 0.0922. The number of alkyl halides is 1. The third-order valence-corrected chi connectivity index (χ3v) is 3.78. The van der Waals surface area contributed by atoms with Gasteiger partial charge in [-0.05, 0) is 30.0 Å². The van der Waals surface area contributed by atoms with Crippen molar-refractivity contribution in [3.63, 3.8) is 0 Å². The van der Waals surface area contributed by atoms with E-state index in [0.29, 0.717) is 29.9 Å². The molecule has 0 spiro atoms. The number of furan rings is 1. The second kappa shape index (κ2) is 6.81. The summed E-state index contributed by atoms with van der Waals surface area (Å²) in [5.74, 6) is 1.63. The van der Waals surface area contributed by atoms with Gasteiger partial charge in [0.1, 0.15) is 5.76 Å². The van der Waals surface area contributed by atoms with Crippen LogP contribution in [0.3, 0.4) is 0 Å². The van der Waals surface area contributed by atoms with Crippen molar-refractivity contribution in [2.75, 3.05) is 0 Å². The van der Waals surface area contributed by atoms with Gasteiger partial charge in [0.25, 0.3) is 5.91 Å². The molecular weight excluding hydrogens is 286 g/mol. The van der Waals surface area contributed by atoms with Gasteiger partial charge in [-0.15, -0.1) is 11.6 Å². The summed E-state index contributed by atoms with van der Waals surface area (Å²) in [6, 6.07) is 9.95. The molecule has 0 aliphatic carbocycles. The second-order valence-corrected chi connectivity index (χ2v) is 5.67. The number of aryl methyl sites for hydroxylation is 1. The molecule has 112 valence electrons. The van der Waals surface area contributed by atoms with Crippen molar-refractivity contribution in [3.05, 3.63) is 58.5 Å². The fourth-order valence-electron chi connectivity index (χ4n) is 2.05. The molecule has 0 unspecified atom stereocenters. The fourth-order valence-corrected chi connectivity index (χ4v) is 2.32. The van der Waals surface area contributed by atoms with Gasteiger partial charge in [0.15, 0.2) is 5.76 Å². The van der Waals surface area contributed by atoms with Crippen molar-refractivity contribution >= 4 is 17.5 Å². The zero-order valence-electron chi connectivity index (χ0n) is 12.6. The minimum absolute atomic E-state index is 0.220. The third kappa shape index (κ3) is 3.88. The molecule has 0 bridgehead atoms. The maximum Gasteiger partial charge on any atom is 0.287 e. The number of nitrogens with one attached hydrogen (secondary N) is 1.